The number of aryl methyl sites for hydroxylation is 1. The minimum Gasteiger partial charge on any atom is -0.465 e. The van der Waals surface area contributed by atoms with Crippen LogP contribution in [-0.2, 0) is 24.3 Å². The van der Waals surface area contributed by atoms with Crippen LogP contribution in [0.25, 0.3) is 0 Å². The molecule has 0 unspecified atom stereocenters. The molecule has 186 valence electrons. The van der Waals surface area contributed by atoms with E-state index in [1.807, 2.05) is 6.92 Å². The number of carbonyl (C=O) groups is 2. The van der Waals surface area contributed by atoms with Crippen LogP contribution in [0.2, 0.25) is 5.02 Å². The molecular weight excluding hydrogens is 500 g/mol. The number of carbonyl (C=O) groups excluding carboxylic acids is 2. The maximum Gasteiger partial charge on any atom is 0.315 e. The van der Waals surface area contributed by atoms with Crippen LogP contribution < -0.4 is 0 Å². The molecule has 3 aromatic rings. The van der Waals surface area contributed by atoms with Crippen LogP contribution in [0.1, 0.15) is 36.0 Å². The van der Waals surface area contributed by atoms with E-state index in [0.717, 1.165) is 5.56 Å². The van der Waals surface area contributed by atoms with E-state index in [-0.39, 0.29) is 23.6 Å². The van der Waals surface area contributed by atoms with E-state index in [4.69, 9.17) is 16.3 Å². The maximum absolute atomic E-state index is 13.6. The van der Waals surface area contributed by atoms with Crippen molar-refractivity contribution in [2.75, 3.05) is 6.61 Å². The maximum atomic E-state index is 13.6. The second-order valence-electron chi connectivity index (χ2n) is 8.37. The third-order valence-electron chi connectivity index (χ3n) is 5.96. The summed E-state index contributed by atoms with van der Waals surface area (Å²) in [5.41, 5.74) is 2.00. The molecule has 1 aliphatic heterocycles. The Morgan fingerprint density at radius 2 is 1.67 bits per heavy atom. The standard InChI is InChI=1S/C27H25ClN2O5S/c1-3-35-27(32)25-22(21-11-7-8-12-23(21)28)17-24(31)30(29-26(25)19-9-5-4-6-10-19)36(33,34)20-15-13-18(2)14-16-20/h4-16,22,25H,3,17H2,1-2H3/t22-,25-/m1/s1. The van der Waals surface area contributed by atoms with Gasteiger partial charge in [0.25, 0.3) is 15.9 Å². The molecule has 7 nitrogen and oxygen atoms in total. The zero-order valence-electron chi connectivity index (χ0n) is 19.8. The summed E-state index contributed by atoms with van der Waals surface area (Å²) in [4.78, 5) is 26.8. The molecule has 0 aliphatic carbocycles. The topological polar surface area (TPSA) is 93.1 Å². The number of amides is 1. The highest BCUT2D eigenvalue weighted by molar-refractivity contribution is 7.89. The average Bonchev–Trinajstić information content (AvgIpc) is 3.02. The van der Waals surface area contributed by atoms with Crippen LogP contribution in [0.3, 0.4) is 0 Å². The number of hydrogen-bond donors (Lipinski definition) is 0. The zero-order chi connectivity index (χ0) is 25.9. The minimum absolute atomic E-state index is 0.0820. The van der Waals surface area contributed by atoms with Crippen molar-refractivity contribution in [2.45, 2.75) is 31.1 Å². The van der Waals surface area contributed by atoms with Crippen LogP contribution in [-0.4, -0.2) is 37.0 Å². The Bertz CT molecular complexity index is 1410. The van der Waals surface area contributed by atoms with Gasteiger partial charge in [-0.1, -0.05) is 77.8 Å². The molecule has 0 bridgehead atoms. The van der Waals surface area contributed by atoms with E-state index >= 15 is 0 Å². The Hall–Kier alpha value is -3.49. The first-order valence-corrected chi connectivity index (χ1v) is 13.3. The second-order valence-corrected chi connectivity index (χ2v) is 10.5. The lowest BCUT2D eigenvalue weighted by Gasteiger charge is -2.25. The Kier molecular flexibility index (Phi) is 7.56. The van der Waals surface area contributed by atoms with Crippen molar-refractivity contribution in [1.29, 1.82) is 0 Å². The molecule has 0 fully saturated rings. The van der Waals surface area contributed by atoms with Crippen LogP contribution in [0, 0.1) is 12.8 Å². The number of hydrazone groups is 1. The third-order valence-corrected chi connectivity index (χ3v) is 7.92. The molecule has 36 heavy (non-hydrogen) atoms. The highest BCUT2D eigenvalue weighted by Gasteiger charge is 2.44. The quantitative estimate of drug-likeness (QED) is 0.426. The summed E-state index contributed by atoms with van der Waals surface area (Å²) in [5, 5.41) is 4.71. The molecular formula is C27H25ClN2O5S. The molecule has 3 aromatic carbocycles. The first-order valence-electron chi connectivity index (χ1n) is 11.4. The predicted molar refractivity (Wildman–Crippen MR) is 137 cm³/mol. The Morgan fingerprint density at radius 1 is 1.03 bits per heavy atom. The van der Waals surface area contributed by atoms with Gasteiger partial charge in [-0.05, 0) is 43.2 Å². The Balaban J connectivity index is 1.96. The van der Waals surface area contributed by atoms with Gasteiger partial charge < -0.3 is 4.74 Å². The van der Waals surface area contributed by atoms with Crippen molar-refractivity contribution in [2.24, 2.45) is 11.0 Å². The lowest BCUT2D eigenvalue weighted by molar-refractivity contribution is -0.146. The van der Waals surface area contributed by atoms with Gasteiger partial charge in [-0.25, -0.2) is 0 Å². The molecule has 2 atom stereocenters. The summed E-state index contributed by atoms with van der Waals surface area (Å²) in [7, 11) is -4.36. The molecule has 4 rings (SSSR count). The molecule has 0 aromatic heterocycles. The van der Waals surface area contributed by atoms with Crippen molar-refractivity contribution < 1.29 is 22.7 Å². The normalized spacial score (nSPS) is 18.4. The van der Waals surface area contributed by atoms with Gasteiger partial charge in [-0.15, -0.1) is 4.41 Å². The minimum atomic E-state index is -4.36. The van der Waals surface area contributed by atoms with Crippen LogP contribution >= 0.6 is 11.6 Å². The van der Waals surface area contributed by atoms with Gasteiger partial charge in [-0.3, -0.25) is 9.59 Å². The Morgan fingerprint density at radius 3 is 2.31 bits per heavy atom. The van der Waals surface area contributed by atoms with Gasteiger partial charge in [0.1, 0.15) is 5.92 Å². The highest BCUT2D eigenvalue weighted by Crippen LogP contribution is 2.39. The highest BCUT2D eigenvalue weighted by atomic mass is 35.5. The number of sulfonamides is 1. The molecule has 0 radical (unpaired) electrons. The number of nitrogens with zero attached hydrogens (tertiary/aromatic N) is 2. The van der Waals surface area contributed by atoms with Gasteiger partial charge in [0.05, 0.1) is 17.2 Å². The Labute approximate surface area is 215 Å². The largest absolute Gasteiger partial charge is 0.465 e. The molecule has 1 amide bonds. The smallest absolute Gasteiger partial charge is 0.315 e. The molecule has 1 aliphatic rings. The zero-order valence-corrected chi connectivity index (χ0v) is 21.4. The van der Waals surface area contributed by atoms with Gasteiger partial charge >= 0.3 is 5.97 Å². The molecule has 0 saturated carbocycles. The fourth-order valence-corrected chi connectivity index (χ4v) is 5.70. The summed E-state index contributed by atoms with van der Waals surface area (Å²) in [5.74, 6) is -3.27. The first kappa shape index (κ1) is 25.6. The van der Waals surface area contributed by atoms with Crippen molar-refractivity contribution in [3.05, 3.63) is 101 Å². The van der Waals surface area contributed by atoms with E-state index in [9.17, 15) is 18.0 Å². The SMILES string of the molecule is CCOC(=O)[C@H]1C(c2ccccc2)=NN(S(=O)(=O)c2ccc(C)cc2)C(=O)C[C@@H]1c1ccccc1Cl. The summed E-state index contributed by atoms with van der Waals surface area (Å²) in [6.07, 6.45) is -0.321. The van der Waals surface area contributed by atoms with Gasteiger partial charge in [-0.2, -0.15) is 13.5 Å². The van der Waals surface area contributed by atoms with Crippen LogP contribution in [0.4, 0.5) is 0 Å². The second kappa shape index (κ2) is 10.6. The average molecular weight is 525 g/mol. The predicted octanol–water partition coefficient (Wildman–Crippen LogP) is 4.94. The van der Waals surface area contributed by atoms with Crippen molar-refractivity contribution in [1.82, 2.24) is 4.41 Å². The lowest BCUT2D eigenvalue weighted by atomic mass is 9.79. The number of hydrogen-bond acceptors (Lipinski definition) is 6. The van der Waals surface area contributed by atoms with Crippen molar-refractivity contribution in [3.63, 3.8) is 0 Å². The van der Waals surface area contributed by atoms with E-state index in [1.165, 1.54) is 12.1 Å². The monoisotopic (exact) mass is 524 g/mol. The number of esters is 1. The van der Waals surface area contributed by atoms with Crippen LogP contribution in [0.15, 0.2) is 88.9 Å². The van der Waals surface area contributed by atoms with E-state index in [1.54, 1.807) is 73.7 Å². The number of rotatable bonds is 6. The molecule has 1 heterocycles. The van der Waals surface area contributed by atoms with Gasteiger partial charge in [0, 0.05) is 17.4 Å². The number of halogens is 1. The van der Waals surface area contributed by atoms with Crippen LogP contribution in [0.5, 0.6) is 0 Å². The molecule has 0 spiro atoms. The molecule has 0 N–H and O–H groups in total. The summed E-state index contributed by atoms with van der Waals surface area (Å²) in [6, 6.07) is 21.7. The first-order chi connectivity index (χ1) is 17.2. The lowest BCUT2D eigenvalue weighted by Crippen LogP contribution is -2.32. The van der Waals surface area contributed by atoms with Gasteiger partial charge in [0.2, 0.25) is 0 Å². The molecule has 9 heteroatoms. The van der Waals surface area contributed by atoms with Gasteiger partial charge in [0.15, 0.2) is 0 Å². The third kappa shape index (κ3) is 5.05. The number of ether oxygens (including phenoxy) is 1. The van der Waals surface area contributed by atoms with E-state index < -0.39 is 33.7 Å². The van der Waals surface area contributed by atoms with Crippen molar-refractivity contribution in [3.8, 4) is 0 Å². The number of benzene rings is 3. The fraction of sp³-hybridized carbons (Fsp3) is 0.222. The summed E-state index contributed by atoms with van der Waals surface area (Å²) >= 11 is 6.50. The van der Waals surface area contributed by atoms with E-state index in [0.29, 0.717) is 20.6 Å². The fourth-order valence-electron chi connectivity index (χ4n) is 4.21. The summed E-state index contributed by atoms with van der Waals surface area (Å²) < 4.78 is 33.1. The summed E-state index contributed by atoms with van der Waals surface area (Å²) in [6.45, 7) is 3.61. The van der Waals surface area contributed by atoms with E-state index in [2.05, 4.69) is 5.10 Å². The van der Waals surface area contributed by atoms with Crippen molar-refractivity contribution >= 4 is 39.2 Å². The molecule has 0 saturated heterocycles.